The molecule has 0 spiro atoms. The minimum Gasteiger partial charge on any atom is -0.383 e. The molecule has 2 saturated carbocycles. The number of nitrogens with zero attached hydrogens (tertiary/aromatic N) is 3. The van der Waals surface area contributed by atoms with Crippen molar-refractivity contribution >= 4 is 11.6 Å². The van der Waals surface area contributed by atoms with Gasteiger partial charge in [-0.05, 0) is 39.0 Å². The van der Waals surface area contributed by atoms with Gasteiger partial charge in [-0.15, -0.1) is 0 Å². The van der Waals surface area contributed by atoms with Crippen LogP contribution in [-0.2, 0) is 0 Å². The molecule has 2 aliphatic carbocycles. The van der Waals surface area contributed by atoms with Gasteiger partial charge < -0.3 is 10.6 Å². The van der Waals surface area contributed by atoms with Crippen molar-refractivity contribution in [3.63, 3.8) is 0 Å². The van der Waals surface area contributed by atoms with Gasteiger partial charge >= 0.3 is 0 Å². The standard InChI is InChI=1S/C15H24N4/c1-3-4-9-19(12-7-8-12)15-10(2)13(16)17-14(18-15)11-5-6-11/h11-12H,3-9H2,1-2H3,(H2,16,17,18). The number of anilines is 2. The van der Waals surface area contributed by atoms with Crippen molar-refractivity contribution < 1.29 is 0 Å². The fourth-order valence-corrected chi connectivity index (χ4v) is 2.52. The first kappa shape index (κ1) is 12.7. The maximum Gasteiger partial charge on any atom is 0.137 e. The van der Waals surface area contributed by atoms with Gasteiger partial charge in [0.2, 0.25) is 0 Å². The van der Waals surface area contributed by atoms with E-state index in [1.54, 1.807) is 0 Å². The molecule has 3 rings (SSSR count). The Kier molecular flexibility index (Phi) is 3.33. The number of rotatable bonds is 6. The zero-order chi connectivity index (χ0) is 13.4. The highest BCUT2D eigenvalue weighted by Gasteiger charge is 2.33. The van der Waals surface area contributed by atoms with E-state index in [9.17, 15) is 0 Å². The van der Waals surface area contributed by atoms with Crippen LogP contribution in [0.3, 0.4) is 0 Å². The molecule has 4 heteroatoms. The summed E-state index contributed by atoms with van der Waals surface area (Å²) in [5.74, 6) is 3.31. The molecule has 19 heavy (non-hydrogen) atoms. The summed E-state index contributed by atoms with van der Waals surface area (Å²) in [5, 5.41) is 0. The van der Waals surface area contributed by atoms with Gasteiger partial charge in [0.1, 0.15) is 17.5 Å². The topological polar surface area (TPSA) is 55.0 Å². The first-order valence-corrected chi connectivity index (χ1v) is 7.61. The van der Waals surface area contributed by atoms with Crippen molar-refractivity contribution in [1.82, 2.24) is 9.97 Å². The van der Waals surface area contributed by atoms with Crippen LogP contribution in [-0.4, -0.2) is 22.6 Å². The van der Waals surface area contributed by atoms with Gasteiger partial charge in [0, 0.05) is 24.1 Å². The molecule has 0 radical (unpaired) electrons. The third-order valence-corrected chi connectivity index (χ3v) is 4.13. The van der Waals surface area contributed by atoms with E-state index >= 15 is 0 Å². The highest BCUT2D eigenvalue weighted by atomic mass is 15.2. The summed E-state index contributed by atoms with van der Waals surface area (Å²) in [4.78, 5) is 11.8. The first-order chi connectivity index (χ1) is 9.20. The van der Waals surface area contributed by atoms with Gasteiger partial charge in [-0.2, -0.15) is 0 Å². The Labute approximate surface area is 115 Å². The number of hydrogen-bond donors (Lipinski definition) is 1. The fraction of sp³-hybridized carbons (Fsp3) is 0.733. The molecular weight excluding hydrogens is 236 g/mol. The predicted octanol–water partition coefficient (Wildman–Crippen LogP) is 3.01. The van der Waals surface area contributed by atoms with Gasteiger partial charge in [0.05, 0.1) is 0 Å². The summed E-state index contributed by atoms with van der Waals surface area (Å²) in [7, 11) is 0. The van der Waals surface area contributed by atoms with E-state index in [4.69, 9.17) is 10.7 Å². The normalized spacial score (nSPS) is 18.6. The smallest absolute Gasteiger partial charge is 0.137 e. The van der Waals surface area contributed by atoms with Gasteiger partial charge in [-0.1, -0.05) is 13.3 Å². The van der Waals surface area contributed by atoms with Crippen LogP contribution >= 0.6 is 0 Å². The van der Waals surface area contributed by atoms with E-state index in [1.807, 2.05) is 0 Å². The van der Waals surface area contributed by atoms with Gasteiger partial charge in [0.25, 0.3) is 0 Å². The van der Waals surface area contributed by atoms with Crippen molar-refractivity contribution in [2.75, 3.05) is 17.2 Å². The molecule has 0 unspecified atom stereocenters. The highest BCUT2D eigenvalue weighted by Crippen LogP contribution is 2.41. The van der Waals surface area contributed by atoms with E-state index in [1.165, 1.54) is 38.5 Å². The predicted molar refractivity (Wildman–Crippen MR) is 78.4 cm³/mol. The van der Waals surface area contributed by atoms with E-state index in [2.05, 4.69) is 23.7 Å². The van der Waals surface area contributed by atoms with E-state index in [0.29, 0.717) is 17.8 Å². The largest absolute Gasteiger partial charge is 0.383 e. The van der Waals surface area contributed by atoms with Gasteiger partial charge in [0.15, 0.2) is 0 Å². The lowest BCUT2D eigenvalue weighted by Gasteiger charge is -2.26. The van der Waals surface area contributed by atoms with Crippen molar-refractivity contribution in [3.8, 4) is 0 Å². The van der Waals surface area contributed by atoms with E-state index < -0.39 is 0 Å². The molecule has 1 heterocycles. The Morgan fingerprint density at radius 3 is 2.53 bits per heavy atom. The molecular formula is C15H24N4. The lowest BCUT2D eigenvalue weighted by molar-refractivity contribution is 0.697. The van der Waals surface area contributed by atoms with Crippen molar-refractivity contribution in [1.29, 1.82) is 0 Å². The molecule has 0 saturated heterocycles. The molecule has 0 bridgehead atoms. The number of unbranched alkanes of at least 4 members (excludes halogenated alkanes) is 1. The Balaban J connectivity index is 1.91. The SMILES string of the molecule is CCCCN(c1nc(C2CC2)nc(N)c1C)C1CC1. The fourth-order valence-electron chi connectivity index (χ4n) is 2.52. The number of nitrogen functional groups attached to an aromatic ring is 1. The molecule has 1 aromatic rings. The van der Waals surface area contributed by atoms with Crippen molar-refractivity contribution in [2.45, 2.75) is 64.3 Å². The molecule has 1 aromatic heterocycles. The van der Waals surface area contributed by atoms with Crippen LogP contribution in [0.1, 0.15) is 62.8 Å². The molecule has 2 fully saturated rings. The van der Waals surface area contributed by atoms with E-state index in [0.717, 1.165) is 23.8 Å². The number of nitrogens with two attached hydrogens (primary N) is 1. The Morgan fingerprint density at radius 1 is 1.21 bits per heavy atom. The molecule has 0 atom stereocenters. The summed E-state index contributed by atoms with van der Waals surface area (Å²) in [6.07, 6.45) is 7.48. The molecule has 0 aromatic carbocycles. The average molecular weight is 260 g/mol. The summed E-state index contributed by atoms with van der Waals surface area (Å²) in [6, 6.07) is 0.687. The molecule has 104 valence electrons. The van der Waals surface area contributed by atoms with Gasteiger partial charge in [-0.3, -0.25) is 0 Å². The van der Waals surface area contributed by atoms with Crippen LogP contribution in [0.25, 0.3) is 0 Å². The maximum absolute atomic E-state index is 6.10. The minimum absolute atomic E-state index is 0.564. The second-order valence-electron chi connectivity index (χ2n) is 5.97. The van der Waals surface area contributed by atoms with Crippen LogP contribution in [0.5, 0.6) is 0 Å². The summed E-state index contributed by atoms with van der Waals surface area (Å²) in [6.45, 7) is 5.40. The van der Waals surface area contributed by atoms with Crippen LogP contribution in [0.15, 0.2) is 0 Å². The summed E-state index contributed by atoms with van der Waals surface area (Å²) in [5.41, 5.74) is 7.16. The summed E-state index contributed by atoms with van der Waals surface area (Å²) < 4.78 is 0. The Hall–Kier alpha value is -1.32. The summed E-state index contributed by atoms with van der Waals surface area (Å²) >= 11 is 0. The van der Waals surface area contributed by atoms with Crippen LogP contribution in [0, 0.1) is 6.92 Å². The van der Waals surface area contributed by atoms with E-state index in [-0.39, 0.29) is 0 Å². The highest BCUT2D eigenvalue weighted by molar-refractivity contribution is 5.58. The molecule has 2 aliphatic rings. The third kappa shape index (κ3) is 2.67. The third-order valence-electron chi connectivity index (χ3n) is 4.13. The maximum atomic E-state index is 6.10. The lowest BCUT2D eigenvalue weighted by atomic mass is 10.2. The molecule has 0 aliphatic heterocycles. The second kappa shape index (κ2) is 4.99. The monoisotopic (exact) mass is 260 g/mol. The minimum atomic E-state index is 0.564. The number of hydrogen-bond acceptors (Lipinski definition) is 4. The van der Waals surface area contributed by atoms with Gasteiger partial charge in [-0.25, -0.2) is 9.97 Å². The van der Waals surface area contributed by atoms with Crippen LogP contribution in [0.4, 0.5) is 11.6 Å². The van der Waals surface area contributed by atoms with Crippen LogP contribution in [0.2, 0.25) is 0 Å². The quantitative estimate of drug-likeness (QED) is 0.854. The second-order valence-corrected chi connectivity index (χ2v) is 5.97. The Morgan fingerprint density at radius 2 is 1.95 bits per heavy atom. The zero-order valence-corrected chi connectivity index (χ0v) is 12.0. The molecule has 4 nitrogen and oxygen atoms in total. The van der Waals surface area contributed by atoms with Crippen molar-refractivity contribution in [2.24, 2.45) is 0 Å². The van der Waals surface area contributed by atoms with Crippen LogP contribution < -0.4 is 10.6 Å². The molecule has 2 N–H and O–H groups in total. The average Bonchev–Trinajstić information content (AvgIpc) is 3.27. The molecule has 0 amide bonds. The first-order valence-electron chi connectivity index (χ1n) is 7.61. The number of aromatic nitrogens is 2. The lowest BCUT2D eigenvalue weighted by Crippen LogP contribution is -2.29. The zero-order valence-electron chi connectivity index (χ0n) is 12.0. The Bertz CT molecular complexity index is 463. The van der Waals surface area contributed by atoms with Crippen molar-refractivity contribution in [3.05, 3.63) is 11.4 Å².